The van der Waals surface area contributed by atoms with Crippen molar-refractivity contribution >= 4 is 37.4 Å². The smallest absolute Gasteiger partial charge is 0.00768 e. The number of rotatable bonds is 8. The average Bonchev–Trinajstić information content (AvgIpc) is 2.39. The summed E-state index contributed by atoms with van der Waals surface area (Å²) < 4.78 is 0. The fourth-order valence-electron chi connectivity index (χ4n) is 5.15. The van der Waals surface area contributed by atoms with Gasteiger partial charge in [0, 0.05) is 13.1 Å². The molecule has 4 aliphatic rings. The normalized spacial score (nSPS) is 36.1. The molecule has 0 unspecified atom stereocenters. The molecular weight excluding hydrogens is 323 g/mol. The van der Waals surface area contributed by atoms with Gasteiger partial charge in [0.2, 0.25) is 0 Å². The lowest BCUT2D eigenvalue weighted by molar-refractivity contribution is -0.0353. The fraction of sp³-hybridized carbons (Fsp3) is 1.00. The topological polar surface area (TPSA) is 24.1 Å². The third-order valence-corrected chi connectivity index (χ3v) is 6.11. The van der Waals surface area contributed by atoms with Crippen molar-refractivity contribution in [2.24, 2.45) is 29.6 Å². The van der Waals surface area contributed by atoms with E-state index in [1.807, 2.05) is 0 Å². The molecule has 0 saturated heterocycles. The third kappa shape index (κ3) is 5.17. The van der Waals surface area contributed by atoms with Gasteiger partial charge in [-0.3, -0.25) is 0 Å². The van der Waals surface area contributed by atoms with Gasteiger partial charge in [0.15, 0.2) is 0 Å². The van der Waals surface area contributed by atoms with Crippen molar-refractivity contribution in [1.82, 2.24) is 10.6 Å². The Bertz CT molecular complexity index is 263. The second-order valence-corrected chi connectivity index (χ2v) is 7.57. The zero-order valence-electron chi connectivity index (χ0n) is 12.9. The monoisotopic (exact) mass is 354 g/mol. The largest absolute Gasteiger partial charge is 0.315 e. The summed E-state index contributed by atoms with van der Waals surface area (Å²) in [6.07, 6.45) is 8.97. The molecule has 4 fully saturated rings. The van der Waals surface area contributed by atoms with Gasteiger partial charge in [0.1, 0.15) is 0 Å². The van der Waals surface area contributed by atoms with Crippen LogP contribution in [-0.4, -0.2) is 31.9 Å². The number of nitrogens with one attached hydrogen (secondary N) is 2. The molecule has 5 heteroatoms. The van der Waals surface area contributed by atoms with E-state index in [9.17, 15) is 0 Å². The van der Waals surface area contributed by atoms with Crippen LogP contribution in [0.15, 0.2) is 0 Å². The van der Waals surface area contributed by atoms with Crippen LogP contribution in [0.2, 0.25) is 0 Å². The molecule has 0 radical (unpaired) electrons. The summed E-state index contributed by atoms with van der Waals surface area (Å²) in [4.78, 5) is 0. The highest BCUT2D eigenvalue weighted by Crippen LogP contribution is 2.56. The van der Waals surface area contributed by atoms with Crippen LogP contribution in [0.4, 0.5) is 0 Å². The zero-order chi connectivity index (χ0) is 13.1. The Kier molecular flexibility index (Phi) is 9.35. The summed E-state index contributed by atoms with van der Waals surface area (Å²) in [5, 5.41) is 7.19. The molecular formula is C16H32Cl2N2S. The molecule has 4 bridgehead atoms. The molecule has 0 aromatic heterocycles. The summed E-state index contributed by atoms with van der Waals surface area (Å²) >= 11 is 4.23. The van der Waals surface area contributed by atoms with Gasteiger partial charge < -0.3 is 10.6 Å². The highest BCUT2D eigenvalue weighted by molar-refractivity contribution is 7.80. The van der Waals surface area contributed by atoms with E-state index >= 15 is 0 Å². The first kappa shape index (κ1) is 19.9. The van der Waals surface area contributed by atoms with E-state index < -0.39 is 0 Å². The van der Waals surface area contributed by atoms with E-state index in [1.165, 1.54) is 13.0 Å². The lowest BCUT2D eigenvalue weighted by Gasteiger charge is -2.54. The number of thiol groups is 1. The van der Waals surface area contributed by atoms with Crippen molar-refractivity contribution in [2.75, 3.05) is 31.9 Å². The maximum absolute atomic E-state index is 4.23. The van der Waals surface area contributed by atoms with Gasteiger partial charge in [-0.05, 0) is 87.0 Å². The average molecular weight is 355 g/mol. The predicted octanol–water partition coefficient (Wildman–Crippen LogP) is 3.40. The predicted molar refractivity (Wildman–Crippen MR) is 99.2 cm³/mol. The van der Waals surface area contributed by atoms with E-state index in [0.717, 1.165) is 55.0 Å². The first-order chi connectivity index (χ1) is 9.36. The van der Waals surface area contributed by atoms with Crippen molar-refractivity contribution in [1.29, 1.82) is 0 Å². The minimum atomic E-state index is 0. The standard InChI is InChI=1S/C16H30N2S.2ClH/c19-5-1-2-17-3-4-18-11-16-14-7-12-6-13(9-14)10-15(16)8-12;;/h12-19H,1-11H2;2*1H. The Morgan fingerprint density at radius 3 is 1.90 bits per heavy atom. The maximum atomic E-state index is 4.23. The molecule has 0 aromatic carbocycles. The Hall–Kier alpha value is 0.850. The van der Waals surface area contributed by atoms with Gasteiger partial charge in [0.05, 0.1) is 0 Å². The van der Waals surface area contributed by atoms with Crippen LogP contribution in [0, 0.1) is 29.6 Å². The third-order valence-electron chi connectivity index (χ3n) is 5.79. The van der Waals surface area contributed by atoms with E-state index in [1.54, 1.807) is 32.1 Å². The van der Waals surface area contributed by atoms with Crippen molar-refractivity contribution < 1.29 is 0 Å². The van der Waals surface area contributed by atoms with Crippen LogP contribution < -0.4 is 10.6 Å². The number of hydrogen-bond acceptors (Lipinski definition) is 3. The molecule has 0 heterocycles. The molecule has 2 N–H and O–H groups in total. The maximum Gasteiger partial charge on any atom is 0.00768 e. The lowest BCUT2D eigenvalue weighted by Crippen LogP contribution is -2.48. The van der Waals surface area contributed by atoms with Gasteiger partial charge >= 0.3 is 0 Å². The summed E-state index contributed by atoms with van der Waals surface area (Å²) in [5.41, 5.74) is 0. The van der Waals surface area contributed by atoms with Crippen molar-refractivity contribution in [3.8, 4) is 0 Å². The molecule has 4 aliphatic carbocycles. The Morgan fingerprint density at radius 2 is 1.33 bits per heavy atom. The lowest BCUT2D eigenvalue weighted by atomic mass is 9.52. The molecule has 2 nitrogen and oxygen atoms in total. The molecule has 0 aliphatic heterocycles. The molecule has 0 spiro atoms. The van der Waals surface area contributed by atoms with Crippen LogP contribution >= 0.6 is 37.4 Å². The van der Waals surface area contributed by atoms with Crippen LogP contribution in [0.5, 0.6) is 0 Å². The first-order valence-electron chi connectivity index (χ1n) is 8.39. The summed E-state index contributed by atoms with van der Waals surface area (Å²) in [5.74, 6) is 6.36. The fourth-order valence-corrected chi connectivity index (χ4v) is 5.30. The molecule has 0 aromatic rings. The summed E-state index contributed by atoms with van der Waals surface area (Å²) in [7, 11) is 0. The Balaban J connectivity index is 0.00000110. The van der Waals surface area contributed by atoms with Crippen LogP contribution in [0.25, 0.3) is 0 Å². The SMILES string of the molecule is Cl.Cl.SCCCNCCNCC1C2CC3CC(C2)CC1C3. The number of hydrogen-bond donors (Lipinski definition) is 3. The van der Waals surface area contributed by atoms with E-state index in [4.69, 9.17) is 0 Å². The minimum absolute atomic E-state index is 0. The quantitative estimate of drug-likeness (QED) is 0.459. The molecule has 126 valence electrons. The van der Waals surface area contributed by atoms with Crippen molar-refractivity contribution in [3.05, 3.63) is 0 Å². The van der Waals surface area contributed by atoms with Gasteiger partial charge in [0.25, 0.3) is 0 Å². The Labute approximate surface area is 148 Å². The minimum Gasteiger partial charge on any atom is -0.315 e. The molecule has 0 amide bonds. The van der Waals surface area contributed by atoms with Crippen LogP contribution in [0.3, 0.4) is 0 Å². The van der Waals surface area contributed by atoms with Gasteiger partial charge in [-0.1, -0.05) is 0 Å². The molecule has 4 rings (SSSR count). The Morgan fingerprint density at radius 1 is 0.762 bits per heavy atom. The van der Waals surface area contributed by atoms with E-state index in [-0.39, 0.29) is 24.8 Å². The van der Waals surface area contributed by atoms with Gasteiger partial charge in [-0.2, -0.15) is 12.6 Å². The highest BCUT2D eigenvalue weighted by atomic mass is 35.5. The molecule has 21 heavy (non-hydrogen) atoms. The zero-order valence-corrected chi connectivity index (χ0v) is 15.5. The van der Waals surface area contributed by atoms with E-state index in [0.29, 0.717) is 0 Å². The molecule has 0 atom stereocenters. The van der Waals surface area contributed by atoms with Crippen molar-refractivity contribution in [3.63, 3.8) is 0 Å². The first-order valence-corrected chi connectivity index (χ1v) is 9.02. The van der Waals surface area contributed by atoms with Crippen LogP contribution in [0.1, 0.15) is 38.5 Å². The number of halogens is 2. The highest BCUT2D eigenvalue weighted by Gasteiger charge is 2.47. The van der Waals surface area contributed by atoms with E-state index in [2.05, 4.69) is 23.3 Å². The summed E-state index contributed by atoms with van der Waals surface area (Å²) in [6, 6.07) is 0. The molecule has 4 saturated carbocycles. The van der Waals surface area contributed by atoms with Gasteiger partial charge in [-0.25, -0.2) is 0 Å². The summed E-state index contributed by atoms with van der Waals surface area (Å²) in [6.45, 7) is 4.64. The second-order valence-electron chi connectivity index (χ2n) is 7.13. The van der Waals surface area contributed by atoms with Gasteiger partial charge in [-0.15, -0.1) is 24.8 Å². The second kappa shape index (κ2) is 9.87. The van der Waals surface area contributed by atoms with Crippen LogP contribution in [-0.2, 0) is 0 Å². The van der Waals surface area contributed by atoms with Crippen molar-refractivity contribution in [2.45, 2.75) is 38.5 Å².